The van der Waals surface area contributed by atoms with Crippen molar-refractivity contribution in [2.75, 3.05) is 5.32 Å². The number of hydrogen-bond donors (Lipinski definition) is 2. The second-order valence-electron chi connectivity index (χ2n) is 4.17. The molecule has 1 fully saturated rings. The van der Waals surface area contributed by atoms with Crippen molar-refractivity contribution in [3.05, 3.63) is 21.7 Å². The lowest BCUT2D eigenvalue weighted by Crippen LogP contribution is -2.44. The van der Waals surface area contributed by atoms with E-state index in [0.29, 0.717) is 10.8 Å². The summed E-state index contributed by atoms with van der Waals surface area (Å²) < 4.78 is 1.49. The zero-order chi connectivity index (χ0) is 12.0. The van der Waals surface area contributed by atoms with Gasteiger partial charge in [-0.1, -0.05) is 11.3 Å². The maximum absolute atomic E-state index is 11.0. The van der Waals surface area contributed by atoms with Crippen LogP contribution in [0.2, 0.25) is 0 Å². The molecule has 17 heavy (non-hydrogen) atoms. The molecule has 0 aliphatic heterocycles. The summed E-state index contributed by atoms with van der Waals surface area (Å²) in [5.41, 5.74) is 5.68. The summed E-state index contributed by atoms with van der Waals surface area (Å²) >= 11 is 1.38. The van der Waals surface area contributed by atoms with Crippen LogP contribution in [0.5, 0.6) is 0 Å². The van der Waals surface area contributed by atoms with Crippen molar-refractivity contribution < 1.29 is 4.92 Å². The molecule has 8 heteroatoms. The predicted molar refractivity (Wildman–Crippen MR) is 64.3 cm³/mol. The van der Waals surface area contributed by atoms with Crippen LogP contribution in [0.3, 0.4) is 0 Å². The van der Waals surface area contributed by atoms with Crippen molar-refractivity contribution in [1.82, 2.24) is 9.38 Å². The number of nitrogens with one attached hydrogen (secondary N) is 1. The molecule has 1 aliphatic carbocycles. The van der Waals surface area contributed by atoms with Crippen LogP contribution in [0.25, 0.3) is 4.96 Å². The molecule has 0 radical (unpaired) electrons. The van der Waals surface area contributed by atoms with E-state index >= 15 is 0 Å². The van der Waals surface area contributed by atoms with Crippen molar-refractivity contribution in [1.29, 1.82) is 0 Å². The molecule has 0 aromatic carbocycles. The summed E-state index contributed by atoms with van der Waals surface area (Å²) in [7, 11) is 0. The molecule has 0 bridgehead atoms. The number of rotatable bonds is 3. The summed E-state index contributed by atoms with van der Waals surface area (Å²) in [6, 6.07) is 0.406. The van der Waals surface area contributed by atoms with Crippen LogP contribution in [-0.2, 0) is 0 Å². The summed E-state index contributed by atoms with van der Waals surface area (Å²) in [4.78, 5) is 15.5. The number of nitrogens with zero attached hydrogens (tertiary/aromatic N) is 3. The van der Waals surface area contributed by atoms with Gasteiger partial charge in [0.05, 0.1) is 0 Å². The molecule has 2 heterocycles. The third-order valence-corrected chi connectivity index (χ3v) is 3.68. The Morgan fingerprint density at radius 1 is 1.65 bits per heavy atom. The van der Waals surface area contributed by atoms with Crippen LogP contribution in [0, 0.1) is 10.1 Å². The van der Waals surface area contributed by atoms with E-state index in [2.05, 4.69) is 10.3 Å². The molecule has 0 spiro atoms. The number of nitro groups is 1. The molecule has 0 unspecified atom stereocenters. The Kier molecular flexibility index (Phi) is 2.26. The van der Waals surface area contributed by atoms with Gasteiger partial charge < -0.3 is 21.2 Å². The first kappa shape index (κ1) is 10.5. The normalized spacial score (nSPS) is 23.6. The molecule has 90 valence electrons. The van der Waals surface area contributed by atoms with Crippen LogP contribution < -0.4 is 11.1 Å². The Labute approximate surface area is 100 Å². The molecule has 0 amide bonds. The number of thiazole rings is 1. The van der Waals surface area contributed by atoms with Gasteiger partial charge >= 0.3 is 5.82 Å². The second kappa shape index (κ2) is 3.67. The maximum Gasteiger partial charge on any atom is 0.372 e. The number of fused-ring (bicyclic) bond motifs is 1. The molecular weight excluding hydrogens is 242 g/mol. The number of aromatic nitrogens is 2. The third kappa shape index (κ3) is 1.65. The number of hydrogen-bond acceptors (Lipinski definition) is 6. The van der Waals surface area contributed by atoms with Crippen LogP contribution in [0.4, 0.5) is 11.6 Å². The van der Waals surface area contributed by atoms with E-state index in [4.69, 9.17) is 5.73 Å². The molecule has 2 aromatic heterocycles. The quantitative estimate of drug-likeness (QED) is 0.632. The summed E-state index contributed by atoms with van der Waals surface area (Å²) in [6.07, 6.45) is 3.33. The summed E-state index contributed by atoms with van der Waals surface area (Å²) in [5, 5.41) is 15.9. The minimum absolute atomic E-state index is 0.00159. The highest BCUT2D eigenvalue weighted by Crippen LogP contribution is 2.31. The highest BCUT2D eigenvalue weighted by molar-refractivity contribution is 7.15. The lowest BCUT2D eigenvalue weighted by molar-refractivity contribution is -0.389. The van der Waals surface area contributed by atoms with Gasteiger partial charge in [-0.3, -0.25) is 0 Å². The van der Waals surface area contributed by atoms with Crippen LogP contribution in [0.15, 0.2) is 11.6 Å². The Balaban J connectivity index is 1.94. The maximum atomic E-state index is 11.0. The van der Waals surface area contributed by atoms with Crippen molar-refractivity contribution in [2.45, 2.75) is 24.9 Å². The smallest absolute Gasteiger partial charge is 0.360 e. The fraction of sp³-hybridized carbons (Fsp3) is 0.444. The molecule has 1 aliphatic rings. The second-order valence-corrected chi connectivity index (χ2v) is 5.04. The monoisotopic (exact) mass is 253 g/mol. The van der Waals surface area contributed by atoms with E-state index in [0.717, 1.165) is 12.8 Å². The Morgan fingerprint density at radius 3 is 3.06 bits per heavy atom. The van der Waals surface area contributed by atoms with Crippen molar-refractivity contribution >= 4 is 27.9 Å². The molecule has 1 saturated carbocycles. The zero-order valence-electron chi connectivity index (χ0n) is 8.87. The number of anilines is 1. The van der Waals surface area contributed by atoms with Crippen molar-refractivity contribution in [3.63, 3.8) is 0 Å². The SMILES string of the molecule is NC1CC(Nc2nc3sccn3c2[N+](=O)[O-])C1. The largest absolute Gasteiger partial charge is 0.372 e. The van der Waals surface area contributed by atoms with E-state index in [-0.39, 0.29) is 17.9 Å². The Hall–Kier alpha value is -1.67. The van der Waals surface area contributed by atoms with Gasteiger partial charge in [-0.15, -0.1) is 0 Å². The molecule has 7 nitrogen and oxygen atoms in total. The van der Waals surface area contributed by atoms with Crippen LogP contribution in [0.1, 0.15) is 12.8 Å². The average Bonchev–Trinajstić information content (AvgIpc) is 2.73. The minimum atomic E-state index is -0.409. The Bertz CT molecular complexity index is 571. The van der Waals surface area contributed by atoms with E-state index in [1.165, 1.54) is 15.7 Å². The predicted octanol–water partition coefficient (Wildman–Crippen LogP) is 1.21. The van der Waals surface area contributed by atoms with E-state index in [1.54, 1.807) is 11.6 Å². The van der Waals surface area contributed by atoms with E-state index < -0.39 is 4.92 Å². The first-order valence-corrected chi connectivity index (χ1v) is 6.15. The van der Waals surface area contributed by atoms with Gasteiger partial charge in [0.1, 0.15) is 6.20 Å². The van der Waals surface area contributed by atoms with E-state index in [9.17, 15) is 10.1 Å². The van der Waals surface area contributed by atoms with Gasteiger partial charge in [0, 0.05) is 17.5 Å². The highest BCUT2D eigenvalue weighted by Gasteiger charge is 2.30. The molecule has 0 atom stereocenters. The van der Waals surface area contributed by atoms with Gasteiger partial charge in [0.15, 0.2) is 0 Å². The molecule has 0 saturated heterocycles. The third-order valence-electron chi connectivity index (χ3n) is 2.93. The van der Waals surface area contributed by atoms with Gasteiger partial charge in [-0.25, -0.2) is 0 Å². The lowest BCUT2D eigenvalue weighted by atomic mass is 9.88. The minimum Gasteiger partial charge on any atom is -0.360 e. The molecule has 2 aromatic rings. The molecule has 3 rings (SSSR count). The topological polar surface area (TPSA) is 98.5 Å². The first-order valence-electron chi connectivity index (χ1n) is 5.27. The fourth-order valence-electron chi connectivity index (χ4n) is 2.02. The lowest BCUT2D eigenvalue weighted by Gasteiger charge is -2.32. The summed E-state index contributed by atoms with van der Waals surface area (Å²) in [5.74, 6) is 0.348. The average molecular weight is 253 g/mol. The Morgan fingerprint density at radius 2 is 2.41 bits per heavy atom. The standard InChI is InChI=1S/C9H11N5O2S/c10-5-3-6(4-5)11-7-8(14(15)16)13-1-2-17-9(13)12-7/h1-2,5-6,11H,3-4,10H2. The van der Waals surface area contributed by atoms with Crippen LogP contribution >= 0.6 is 11.3 Å². The number of imidazole rings is 1. The highest BCUT2D eigenvalue weighted by atomic mass is 32.1. The van der Waals surface area contributed by atoms with Gasteiger partial charge in [0.25, 0.3) is 4.96 Å². The number of nitrogens with two attached hydrogens (primary N) is 1. The molecular formula is C9H11N5O2S. The zero-order valence-corrected chi connectivity index (χ0v) is 9.68. The van der Waals surface area contributed by atoms with Crippen molar-refractivity contribution in [3.8, 4) is 0 Å². The van der Waals surface area contributed by atoms with Gasteiger partial charge in [-0.05, 0) is 17.8 Å². The van der Waals surface area contributed by atoms with Crippen molar-refractivity contribution in [2.24, 2.45) is 5.73 Å². The van der Waals surface area contributed by atoms with Gasteiger partial charge in [0.2, 0.25) is 5.82 Å². The fourth-order valence-corrected chi connectivity index (χ4v) is 2.73. The summed E-state index contributed by atoms with van der Waals surface area (Å²) in [6.45, 7) is 0. The molecule has 3 N–H and O–H groups in total. The first-order chi connectivity index (χ1) is 8.15. The van der Waals surface area contributed by atoms with Gasteiger partial charge in [-0.2, -0.15) is 9.38 Å². The van der Waals surface area contributed by atoms with Crippen LogP contribution in [-0.4, -0.2) is 26.4 Å². The van der Waals surface area contributed by atoms with E-state index in [1.807, 2.05) is 0 Å².